The molecule has 0 aliphatic rings. The van der Waals surface area contributed by atoms with Gasteiger partial charge >= 0.3 is 0 Å². The second kappa shape index (κ2) is 5.30. The lowest BCUT2D eigenvalue weighted by Crippen LogP contribution is -2.16. The number of hydrogen-bond donors (Lipinski definition) is 2. The Morgan fingerprint density at radius 3 is 2.69 bits per heavy atom. The van der Waals surface area contributed by atoms with Crippen molar-refractivity contribution in [1.82, 2.24) is 5.32 Å². The fraction of sp³-hybridized carbons (Fsp3) is 0.455. The normalized spacial score (nSPS) is 10.4. The topological polar surface area (TPSA) is 12.0 Å². The van der Waals surface area contributed by atoms with Crippen molar-refractivity contribution < 1.29 is 0 Å². The standard InChI is InChI=1S/C11H17NS/c1-9-3-4-11(10(2)7-9)8-12-5-6-13/h3-4,7,12-13H,5-6,8H2,1-2H3. The second-order valence-electron chi connectivity index (χ2n) is 3.33. The van der Waals surface area contributed by atoms with Crippen LogP contribution in [0.15, 0.2) is 18.2 Å². The van der Waals surface area contributed by atoms with E-state index in [-0.39, 0.29) is 0 Å². The van der Waals surface area contributed by atoms with Crippen molar-refractivity contribution in [2.45, 2.75) is 20.4 Å². The summed E-state index contributed by atoms with van der Waals surface area (Å²) in [6, 6.07) is 6.57. The van der Waals surface area contributed by atoms with Crippen molar-refractivity contribution in [3.05, 3.63) is 34.9 Å². The highest BCUT2D eigenvalue weighted by Crippen LogP contribution is 2.09. The van der Waals surface area contributed by atoms with E-state index in [2.05, 4.69) is 50.0 Å². The molecule has 1 aromatic carbocycles. The molecule has 1 rings (SSSR count). The SMILES string of the molecule is Cc1ccc(CNCCS)c(C)c1. The fourth-order valence-corrected chi connectivity index (χ4v) is 1.50. The number of thiol groups is 1. The molecular weight excluding hydrogens is 178 g/mol. The number of benzene rings is 1. The minimum atomic E-state index is 0.894. The molecule has 0 radical (unpaired) electrons. The zero-order valence-corrected chi connectivity index (χ0v) is 9.20. The van der Waals surface area contributed by atoms with E-state index in [0.717, 1.165) is 18.8 Å². The van der Waals surface area contributed by atoms with Gasteiger partial charge in [0.1, 0.15) is 0 Å². The molecule has 1 nitrogen and oxygen atoms in total. The van der Waals surface area contributed by atoms with Crippen molar-refractivity contribution in [1.29, 1.82) is 0 Å². The molecule has 0 atom stereocenters. The Morgan fingerprint density at radius 2 is 2.08 bits per heavy atom. The Bertz CT molecular complexity index is 271. The third kappa shape index (κ3) is 3.41. The molecule has 0 unspecified atom stereocenters. The van der Waals surface area contributed by atoms with E-state index in [1.54, 1.807) is 0 Å². The molecule has 1 N–H and O–H groups in total. The highest BCUT2D eigenvalue weighted by atomic mass is 32.1. The summed E-state index contributed by atoms with van der Waals surface area (Å²) in [4.78, 5) is 0. The Morgan fingerprint density at radius 1 is 1.31 bits per heavy atom. The van der Waals surface area contributed by atoms with Crippen LogP contribution in [-0.4, -0.2) is 12.3 Å². The van der Waals surface area contributed by atoms with Crippen molar-refractivity contribution >= 4 is 12.6 Å². The summed E-state index contributed by atoms with van der Waals surface area (Å²) >= 11 is 4.15. The first-order valence-corrected chi connectivity index (χ1v) is 5.25. The third-order valence-electron chi connectivity index (χ3n) is 2.10. The van der Waals surface area contributed by atoms with Crippen LogP contribution in [0.1, 0.15) is 16.7 Å². The van der Waals surface area contributed by atoms with Crippen molar-refractivity contribution in [2.24, 2.45) is 0 Å². The second-order valence-corrected chi connectivity index (χ2v) is 3.78. The molecule has 72 valence electrons. The predicted octanol–water partition coefficient (Wildman–Crippen LogP) is 2.32. The molecule has 0 aromatic heterocycles. The maximum Gasteiger partial charge on any atom is 0.0208 e. The summed E-state index contributed by atoms with van der Waals surface area (Å²) in [5.41, 5.74) is 4.08. The molecule has 1 aromatic rings. The summed E-state index contributed by atoms with van der Waals surface area (Å²) in [5, 5.41) is 3.34. The minimum Gasteiger partial charge on any atom is -0.312 e. The van der Waals surface area contributed by atoms with Crippen LogP contribution in [-0.2, 0) is 6.54 Å². The lowest BCUT2D eigenvalue weighted by Gasteiger charge is -2.07. The smallest absolute Gasteiger partial charge is 0.0208 e. The van der Waals surface area contributed by atoms with Gasteiger partial charge in [-0.05, 0) is 25.0 Å². The molecule has 0 amide bonds. The number of rotatable bonds is 4. The van der Waals surface area contributed by atoms with E-state index in [9.17, 15) is 0 Å². The maximum absolute atomic E-state index is 4.15. The van der Waals surface area contributed by atoms with Gasteiger partial charge in [-0.2, -0.15) is 12.6 Å². The number of nitrogens with one attached hydrogen (secondary N) is 1. The lowest BCUT2D eigenvalue weighted by atomic mass is 10.1. The van der Waals surface area contributed by atoms with Crippen LogP contribution in [0.25, 0.3) is 0 Å². The highest BCUT2D eigenvalue weighted by molar-refractivity contribution is 7.80. The molecule has 0 saturated carbocycles. The van der Waals surface area contributed by atoms with E-state index >= 15 is 0 Å². The van der Waals surface area contributed by atoms with E-state index in [4.69, 9.17) is 0 Å². The Balaban J connectivity index is 2.56. The molecule has 13 heavy (non-hydrogen) atoms. The molecular formula is C11H17NS. The van der Waals surface area contributed by atoms with Gasteiger partial charge in [0.05, 0.1) is 0 Å². The molecule has 0 spiro atoms. The molecule has 0 aliphatic carbocycles. The lowest BCUT2D eigenvalue weighted by molar-refractivity contribution is 0.729. The summed E-state index contributed by atoms with van der Waals surface area (Å²) in [6.45, 7) is 6.20. The molecule has 0 fully saturated rings. The van der Waals surface area contributed by atoms with Gasteiger partial charge in [-0.15, -0.1) is 0 Å². The summed E-state index contributed by atoms with van der Waals surface area (Å²) in [5.74, 6) is 0.894. The van der Waals surface area contributed by atoms with Crippen LogP contribution in [0.2, 0.25) is 0 Å². The van der Waals surface area contributed by atoms with Gasteiger partial charge in [0, 0.05) is 18.8 Å². The molecule has 0 aliphatic heterocycles. The van der Waals surface area contributed by atoms with Crippen LogP contribution in [0.4, 0.5) is 0 Å². The van der Waals surface area contributed by atoms with Gasteiger partial charge in [-0.25, -0.2) is 0 Å². The highest BCUT2D eigenvalue weighted by Gasteiger charge is 1.96. The largest absolute Gasteiger partial charge is 0.312 e. The molecule has 0 saturated heterocycles. The maximum atomic E-state index is 4.15. The monoisotopic (exact) mass is 195 g/mol. The van der Waals surface area contributed by atoms with Gasteiger partial charge in [-0.1, -0.05) is 23.8 Å². The Labute approximate surface area is 86.0 Å². The van der Waals surface area contributed by atoms with Gasteiger partial charge in [0.15, 0.2) is 0 Å². The average Bonchev–Trinajstić information content (AvgIpc) is 2.09. The van der Waals surface area contributed by atoms with Crippen LogP contribution in [0.5, 0.6) is 0 Å². The van der Waals surface area contributed by atoms with Gasteiger partial charge < -0.3 is 5.32 Å². The van der Waals surface area contributed by atoms with Gasteiger partial charge in [0.2, 0.25) is 0 Å². The molecule has 2 heteroatoms. The van der Waals surface area contributed by atoms with Crippen LogP contribution in [0.3, 0.4) is 0 Å². The zero-order valence-electron chi connectivity index (χ0n) is 8.30. The molecule has 0 bridgehead atoms. The number of aryl methyl sites for hydroxylation is 2. The molecule has 0 heterocycles. The van der Waals surface area contributed by atoms with Crippen LogP contribution >= 0.6 is 12.6 Å². The minimum absolute atomic E-state index is 0.894. The van der Waals surface area contributed by atoms with E-state index in [1.807, 2.05) is 0 Å². The van der Waals surface area contributed by atoms with E-state index < -0.39 is 0 Å². The summed E-state index contributed by atoms with van der Waals surface area (Å²) in [6.07, 6.45) is 0. The van der Waals surface area contributed by atoms with Crippen molar-refractivity contribution in [3.8, 4) is 0 Å². The fourth-order valence-electron chi connectivity index (χ4n) is 1.35. The van der Waals surface area contributed by atoms with E-state index in [0.29, 0.717) is 0 Å². The summed E-state index contributed by atoms with van der Waals surface area (Å²) in [7, 11) is 0. The first-order chi connectivity index (χ1) is 6.24. The zero-order chi connectivity index (χ0) is 9.68. The quantitative estimate of drug-likeness (QED) is 0.555. The summed E-state index contributed by atoms with van der Waals surface area (Å²) < 4.78 is 0. The van der Waals surface area contributed by atoms with Crippen LogP contribution in [0, 0.1) is 13.8 Å². The first-order valence-electron chi connectivity index (χ1n) is 4.61. The van der Waals surface area contributed by atoms with E-state index in [1.165, 1.54) is 16.7 Å². The number of hydrogen-bond acceptors (Lipinski definition) is 2. The van der Waals surface area contributed by atoms with Gasteiger partial charge in [-0.3, -0.25) is 0 Å². The van der Waals surface area contributed by atoms with Crippen LogP contribution < -0.4 is 5.32 Å². The first kappa shape index (κ1) is 10.6. The Hall–Kier alpha value is -0.470. The third-order valence-corrected chi connectivity index (χ3v) is 2.33. The van der Waals surface area contributed by atoms with Gasteiger partial charge in [0.25, 0.3) is 0 Å². The van der Waals surface area contributed by atoms with Crippen molar-refractivity contribution in [3.63, 3.8) is 0 Å². The van der Waals surface area contributed by atoms with Crippen molar-refractivity contribution in [2.75, 3.05) is 12.3 Å². The Kier molecular flexibility index (Phi) is 4.33. The average molecular weight is 195 g/mol. The predicted molar refractivity (Wildman–Crippen MR) is 61.5 cm³/mol.